The quantitative estimate of drug-likeness (QED) is 0.0248. The summed E-state index contributed by atoms with van der Waals surface area (Å²) in [5, 5.41) is 32.4. The molecule has 1 aromatic heterocycles. The van der Waals surface area contributed by atoms with Gasteiger partial charge in [0.05, 0.1) is 92.1 Å². The molecule has 0 fully saturated rings. The molecule has 57 heavy (non-hydrogen) atoms. The van der Waals surface area contributed by atoms with Gasteiger partial charge in [0.25, 0.3) is 0 Å². The highest BCUT2D eigenvalue weighted by Gasteiger charge is 2.07. The lowest BCUT2D eigenvalue weighted by Crippen LogP contribution is -2.29. The predicted molar refractivity (Wildman–Crippen MR) is 213 cm³/mol. The van der Waals surface area contributed by atoms with Crippen molar-refractivity contribution in [2.75, 3.05) is 105 Å². The van der Waals surface area contributed by atoms with E-state index < -0.39 is 0 Å². The molecule has 0 atom stereocenters. The molecule has 19 heteroatoms. The first-order valence-corrected chi connectivity index (χ1v) is 18.9. The van der Waals surface area contributed by atoms with Gasteiger partial charge < -0.3 is 55.8 Å². The number of nitrogens with zero attached hydrogens (tertiary/aromatic N) is 6. The Kier molecular flexibility index (Phi) is 23.8. The Labute approximate surface area is 333 Å². The summed E-state index contributed by atoms with van der Waals surface area (Å²) in [6.45, 7) is 11.2. The summed E-state index contributed by atoms with van der Waals surface area (Å²) in [6.07, 6.45) is 0.508. The molecule has 0 unspecified atom stereocenters. The van der Waals surface area contributed by atoms with E-state index in [4.69, 9.17) is 39.9 Å². The lowest BCUT2D eigenvalue weighted by Gasteiger charge is -2.09. The number of aryl methyl sites for hydroxylation is 1. The minimum absolute atomic E-state index is 0.0838. The molecule has 0 saturated carbocycles. The monoisotopic (exact) mass is 795 g/mol. The fourth-order valence-corrected chi connectivity index (χ4v) is 4.67. The number of carbonyl (C=O) groups is 2. The van der Waals surface area contributed by atoms with Gasteiger partial charge >= 0.3 is 0 Å². The molecular weight excluding hydrogens is 738 g/mol. The van der Waals surface area contributed by atoms with Crippen molar-refractivity contribution in [3.63, 3.8) is 0 Å². The van der Waals surface area contributed by atoms with Crippen LogP contribution in [0.4, 0.5) is 0 Å². The van der Waals surface area contributed by atoms with E-state index >= 15 is 0 Å². The number of hydrogen-bond donors (Lipinski definition) is 5. The third-order valence-electron chi connectivity index (χ3n) is 7.56. The van der Waals surface area contributed by atoms with E-state index in [1.807, 2.05) is 36.4 Å². The van der Waals surface area contributed by atoms with Gasteiger partial charge in [0, 0.05) is 37.3 Å². The van der Waals surface area contributed by atoms with E-state index in [0.29, 0.717) is 129 Å². The second-order valence-electron chi connectivity index (χ2n) is 12.4. The van der Waals surface area contributed by atoms with Crippen LogP contribution in [0.2, 0.25) is 0 Å². The highest BCUT2D eigenvalue weighted by Crippen LogP contribution is 2.14. The second-order valence-corrected chi connectivity index (χ2v) is 12.4. The van der Waals surface area contributed by atoms with Crippen molar-refractivity contribution in [1.29, 1.82) is 0 Å². The zero-order valence-electron chi connectivity index (χ0n) is 33.0. The molecule has 7 N–H and O–H groups in total. The van der Waals surface area contributed by atoms with Crippen LogP contribution in [0.3, 0.4) is 0 Å². The molecule has 0 aliphatic heterocycles. The number of nitrogens with one attached hydrogen (secondary N) is 3. The number of nitrogens with two attached hydrogens (primary N) is 2. The van der Waals surface area contributed by atoms with Gasteiger partial charge in [-0.15, -0.1) is 30.6 Å². The van der Waals surface area contributed by atoms with Crippen LogP contribution < -0.4 is 27.4 Å². The lowest BCUT2D eigenvalue weighted by atomic mass is 10.1. The van der Waals surface area contributed by atoms with E-state index in [1.54, 1.807) is 26.0 Å². The van der Waals surface area contributed by atoms with Crippen LogP contribution in [0.25, 0.3) is 11.4 Å². The first-order valence-electron chi connectivity index (χ1n) is 18.9. The summed E-state index contributed by atoms with van der Waals surface area (Å²) in [4.78, 5) is 24.4. The normalized spacial score (nSPS) is 11.8. The van der Waals surface area contributed by atoms with Crippen LogP contribution >= 0.6 is 0 Å². The second kappa shape index (κ2) is 29.3. The van der Waals surface area contributed by atoms with Gasteiger partial charge in [-0.3, -0.25) is 9.59 Å². The molecule has 0 aliphatic rings. The minimum Gasteiger partial charge on any atom is -0.386 e. The number of benzene rings is 2. The van der Waals surface area contributed by atoms with Crippen LogP contribution in [0.15, 0.2) is 58.7 Å². The van der Waals surface area contributed by atoms with Crippen LogP contribution in [-0.4, -0.2) is 149 Å². The maximum Gasteiger partial charge on any atom is 0.224 e. The van der Waals surface area contributed by atoms with Crippen molar-refractivity contribution >= 4 is 23.5 Å². The number of carbonyl (C=O) groups excluding carboxylic acids is 2. The van der Waals surface area contributed by atoms with Crippen LogP contribution in [0, 0.1) is 6.92 Å². The average molecular weight is 796 g/mol. The molecule has 0 radical (unpaired) electrons. The molecule has 2 amide bonds. The maximum absolute atomic E-state index is 12.2. The number of amidine groups is 2. The minimum atomic E-state index is -0.101. The van der Waals surface area contributed by atoms with Crippen molar-refractivity contribution in [3.05, 3.63) is 71.0 Å². The Morgan fingerprint density at radius 3 is 1.40 bits per heavy atom. The Morgan fingerprint density at radius 1 is 0.561 bits per heavy atom. The zero-order chi connectivity index (χ0) is 40.8. The Bertz CT molecular complexity index is 1610. The third kappa shape index (κ3) is 22.3. The maximum atomic E-state index is 12.2. The van der Waals surface area contributed by atoms with Crippen molar-refractivity contribution in [1.82, 2.24) is 36.3 Å². The van der Waals surface area contributed by atoms with E-state index in [-0.39, 0.29) is 30.5 Å². The van der Waals surface area contributed by atoms with Gasteiger partial charge in [-0.25, -0.2) is 0 Å². The molecule has 3 rings (SSSR count). The Morgan fingerprint density at radius 2 is 0.965 bits per heavy atom. The van der Waals surface area contributed by atoms with Crippen molar-refractivity contribution in [2.24, 2.45) is 21.7 Å². The number of ether oxygens (including phenoxy) is 6. The molecule has 0 aliphatic carbocycles. The van der Waals surface area contributed by atoms with E-state index in [0.717, 1.165) is 16.7 Å². The Balaban J connectivity index is 0.992. The standard InChI is InChI=1S/C38H57N11O8/c1-29(39)44-47-37(40)33-7-3-31(4-8-33)27-35(50)42-13-17-54-21-25-56-23-19-52-15-11-41-12-16-53-20-24-57-26-22-55-18-14-43-36(51)28-32-5-9-34(10-6-32)38-48-45-30(2)46-49-38/h3-10,41H,11-28H2,1-2H3,(H2,39,44)(H2,40,47)(H,42,50)(H,43,51). The summed E-state index contributed by atoms with van der Waals surface area (Å²) in [5.41, 5.74) is 14.5. The first kappa shape index (κ1) is 46.4. The SMILES string of the molecule is C/C(N)=N/N=C(\N)c1ccc(CC(=O)NCCOCCOCCOCCNCCOCCOCCOCCNC(=O)Cc2ccc(-c3nnc(C)nn3)cc2)cc1. The van der Waals surface area contributed by atoms with Crippen molar-refractivity contribution < 1.29 is 38.0 Å². The van der Waals surface area contributed by atoms with E-state index in [2.05, 4.69) is 46.5 Å². The lowest BCUT2D eigenvalue weighted by molar-refractivity contribution is -0.121. The van der Waals surface area contributed by atoms with Gasteiger partial charge in [0.15, 0.2) is 11.7 Å². The van der Waals surface area contributed by atoms with E-state index in [9.17, 15) is 9.59 Å². The average Bonchev–Trinajstić information content (AvgIpc) is 3.20. The summed E-state index contributed by atoms with van der Waals surface area (Å²) < 4.78 is 33.2. The fraction of sp³-hybridized carbons (Fsp3) is 0.526. The van der Waals surface area contributed by atoms with Gasteiger partial charge in [0.1, 0.15) is 5.84 Å². The topological polar surface area (TPSA) is 254 Å². The molecular formula is C38H57N11O8. The van der Waals surface area contributed by atoms with Gasteiger partial charge in [-0.1, -0.05) is 48.5 Å². The molecule has 3 aromatic rings. The highest BCUT2D eigenvalue weighted by molar-refractivity contribution is 5.97. The number of hydrogen-bond acceptors (Lipinski definition) is 15. The fourth-order valence-electron chi connectivity index (χ4n) is 4.67. The molecule has 19 nitrogen and oxygen atoms in total. The number of aromatic nitrogens is 4. The molecule has 0 saturated heterocycles. The predicted octanol–water partition coefficient (Wildman–Crippen LogP) is -0.0538. The van der Waals surface area contributed by atoms with E-state index in [1.165, 1.54) is 0 Å². The Hall–Kier alpha value is -5.02. The summed E-state index contributed by atoms with van der Waals surface area (Å²) >= 11 is 0. The van der Waals surface area contributed by atoms with Gasteiger partial charge in [0.2, 0.25) is 17.6 Å². The first-order chi connectivity index (χ1) is 27.8. The van der Waals surface area contributed by atoms with Crippen LogP contribution in [0.5, 0.6) is 0 Å². The zero-order valence-corrected chi connectivity index (χ0v) is 33.0. The summed E-state index contributed by atoms with van der Waals surface area (Å²) in [7, 11) is 0. The molecule has 1 heterocycles. The largest absolute Gasteiger partial charge is 0.386 e. The number of amides is 2. The summed E-state index contributed by atoms with van der Waals surface area (Å²) in [6, 6.07) is 14.6. The summed E-state index contributed by atoms with van der Waals surface area (Å²) in [5.74, 6) is 1.33. The molecule has 0 spiro atoms. The van der Waals surface area contributed by atoms with Crippen molar-refractivity contribution in [2.45, 2.75) is 26.7 Å². The third-order valence-corrected chi connectivity index (χ3v) is 7.56. The highest BCUT2D eigenvalue weighted by atomic mass is 16.5. The smallest absolute Gasteiger partial charge is 0.224 e. The molecule has 2 aromatic carbocycles. The van der Waals surface area contributed by atoms with Crippen LogP contribution in [-0.2, 0) is 50.9 Å². The number of rotatable bonds is 31. The molecule has 0 bridgehead atoms. The van der Waals surface area contributed by atoms with Gasteiger partial charge in [-0.2, -0.15) is 0 Å². The molecule has 312 valence electrons. The van der Waals surface area contributed by atoms with Crippen molar-refractivity contribution in [3.8, 4) is 11.4 Å². The van der Waals surface area contributed by atoms with Crippen LogP contribution in [0.1, 0.15) is 29.4 Å². The van der Waals surface area contributed by atoms with Gasteiger partial charge in [-0.05, 0) is 25.0 Å².